The second-order valence-electron chi connectivity index (χ2n) is 24.6. The highest BCUT2D eigenvalue weighted by Crippen LogP contribution is 2.52. The zero-order valence-electron chi connectivity index (χ0n) is 45.7. The van der Waals surface area contributed by atoms with E-state index < -0.39 is 23.6 Å². The van der Waals surface area contributed by atoms with Crippen LogP contribution in [0.2, 0.25) is 5.02 Å². The Bertz CT molecular complexity index is 3210. The fourth-order valence-corrected chi connectivity index (χ4v) is 15.4. The van der Waals surface area contributed by atoms with Gasteiger partial charge in [0.15, 0.2) is 0 Å². The van der Waals surface area contributed by atoms with Crippen molar-refractivity contribution < 1.29 is 19.4 Å². The zero-order valence-corrected chi connectivity index (χ0v) is 47.3. The van der Waals surface area contributed by atoms with Crippen molar-refractivity contribution in [2.75, 3.05) is 59.0 Å². The Balaban J connectivity index is 0.676. The third-order valence-corrected chi connectivity index (χ3v) is 19.8. The molecule has 0 radical (unpaired) electrons. The number of morpholine rings is 1. The summed E-state index contributed by atoms with van der Waals surface area (Å²) in [5.74, 6) is 1.72. The third kappa shape index (κ3) is 10.3. The van der Waals surface area contributed by atoms with E-state index in [4.69, 9.17) is 26.4 Å². The molecule has 2 saturated carbocycles. The van der Waals surface area contributed by atoms with Crippen LogP contribution in [-0.2, 0) is 19.7 Å². The van der Waals surface area contributed by atoms with Crippen molar-refractivity contribution in [3.8, 4) is 16.1 Å². The summed E-state index contributed by atoms with van der Waals surface area (Å²) < 4.78 is 9.64. The number of carbonyl (C=O) groups excluding carboxylic acids is 2. The van der Waals surface area contributed by atoms with Crippen LogP contribution in [0.4, 0.5) is 0 Å². The number of nitrogens with one attached hydrogen (secondary N) is 1. The number of ether oxygens (including phenoxy) is 1. The first-order valence-corrected chi connectivity index (χ1v) is 30.1. The number of aliphatic hydroxyl groups excluding tert-OH is 1. The number of carbonyl (C=O) groups is 2. The number of aromatic nitrogens is 6. The lowest BCUT2D eigenvalue weighted by Crippen LogP contribution is -2.52. The number of rotatable bonds is 12. The number of aliphatic hydroxyl groups is 1. The molecule has 1 spiro atoms. The summed E-state index contributed by atoms with van der Waals surface area (Å²) in [6.45, 7) is 14.8. The first-order valence-electron chi connectivity index (χ1n) is 28.8. The molecule has 15 nitrogen and oxygen atoms in total. The Morgan fingerprint density at radius 2 is 1.68 bits per heavy atom. The lowest BCUT2D eigenvalue weighted by Gasteiger charge is -2.37. The maximum Gasteiger partial charge on any atom is 0.282 e. The van der Waals surface area contributed by atoms with Crippen LogP contribution in [0, 0.1) is 18.3 Å². The number of piperidine rings is 1. The molecule has 3 aromatic carbocycles. The molecule has 2 aliphatic carbocycles. The summed E-state index contributed by atoms with van der Waals surface area (Å²) in [5.41, 5.74) is 9.52. The van der Waals surface area contributed by atoms with Crippen LogP contribution in [0.15, 0.2) is 77.2 Å². The minimum atomic E-state index is -0.841. The van der Waals surface area contributed by atoms with Crippen molar-refractivity contribution in [2.45, 2.75) is 146 Å². The average molecular weight is 1100 g/mol. The predicted octanol–water partition coefficient (Wildman–Crippen LogP) is 9.52. The molecular weight excluding hydrogens is 1020 g/mol. The van der Waals surface area contributed by atoms with Gasteiger partial charge in [0.1, 0.15) is 17.9 Å². The van der Waals surface area contributed by atoms with E-state index in [0.717, 1.165) is 136 Å². The van der Waals surface area contributed by atoms with Crippen LogP contribution >= 0.6 is 22.9 Å². The molecule has 17 heteroatoms. The molecule has 5 fully saturated rings. The van der Waals surface area contributed by atoms with Gasteiger partial charge in [0.2, 0.25) is 11.8 Å². The fraction of sp³-hybridized carbons (Fsp3) is 0.557. The second kappa shape index (κ2) is 21.9. The molecule has 6 aliphatic rings. The quantitative estimate of drug-likeness (QED) is 0.120. The highest BCUT2D eigenvalue weighted by Gasteiger charge is 2.48. The molecule has 0 bridgehead atoms. The molecule has 0 unspecified atom stereocenters. The molecule has 3 saturated heterocycles. The van der Waals surface area contributed by atoms with Crippen LogP contribution < -0.4 is 10.9 Å². The highest BCUT2D eigenvalue weighted by atomic mass is 35.5. The van der Waals surface area contributed by atoms with Gasteiger partial charge >= 0.3 is 0 Å². The van der Waals surface area contributed by atoms with E-state index in [1.807, 2.05) is 51.5 Å². The third-order valence-electron chi connectivity index (χ3n) is 18.5. The molecule has 4 aliphatic heterocycles. The van der Waals surface area contributed by atoms with Crippen molar-refractivity contribution in [3.05, 3.63) is 122 Å². The summed E-state index contributed by atoms with van der Waals surface area (Å²) in [6, 6.07) is 19.3. The number of hydrogen-bond acceptors (Lipinski definition) is 12. The predicted molar refractivity (Wildman–Crippen MR) is 304 cm³/mol. The van der Waals surface area contributed by atoms with Crippen LogP contribution in [0.25, 0.3) is 27.0 Å². The minimum absolute atomic E-state index is 0.0726. The number of halogens is 1. The van der Waals surface area contributed by atoms with E-state index in [1.54, 1.807) is 27.0 Å². The Labute approximate surface area is 466 Å². The maximum atomic E-state index is 14.9. The van der Waals surface area contributed by atoms with E-state index >= 15 is 0 Å². The van der Waals surface area contributed by atoms with Gasteiger partial charge in [-0.2, -0.15) is 4.98 Å². The van der Waals surface area contributed by atoms with Crippen molar-refractivity contribution in [2.24, 2.45) is 11.3 Å². The molecule has 2 amide bonds. The Hall–Kier alpha value is -5.36. The number of amides is 2. The van der Waals surface area contributed by atoms with Crippen LogP contribution in [0.5, 0.6) is 0 Å². The molecule has 78 heavy (non-hydrogen) atoms. The lowest BCUT2D eigenvalue weighted by molar-refractivity contribution is -0.144. The van der Waals surface area contributed by atoms with Gasteiger partial charge < -0.3 is 25.0 Å². The number of β-amino-alcohol motifs (C(OH)–C–C–N with tert-alkyl or cyclic N) is 1. The fourth-order valence-electron chi connectivity index (χ4n) is 14.3. The molecule has 7 heterocycles. The van der Waals surface area contributed by atoms with Crippen LogP contribution in [-0.4, -0.2) is 132 Å². The van der Waals surface area contributed by atoms with Gasteiger partial charge in [-0.15, -0.1) is 16.4 Å². The number of hydrogen-bond donors (Lipinski definition) is 2. The van der Waals surface area contributed by atoms with Gasteiger partial charge in [-0.05, 0) is 129 Å². The lowest BCUT2D eigenvalue weighted by atomic mass is 9.69. The zero-order chi connectivity index (χ0) is 53.9. The average Bonchev–Trinajstić information content (AvgIpc) is 4.23. The SMILES string of the molecule is Cc1ncsc1-c1ccc([C@H](CN2CCOCC2)NC(=O)[C@@H]2C[C@@H](O)CN2C(=O)[C@@H](n2cc(C3CCC(CN4CCC(c5ccc6c(c5)-n5c(nc(=O)c7c(Cl)cccc75)C65CCCCC5)CC4)CC3)nn2)C(C)(C)C)cc1. The Morgan fingerprint density at radius 3 is 2.40 bits per heavy atom. The number of nitrogens with zero attached hydrogens (tertiary/aromatic N) is 9. The van der Waals surface area contributed by atoms with E-state index in [1.165, 1.54) is 23.2 Å². The van der Waals surface area contributed by atoms with Crippen molar-refractivity contribution in [1.29, 1.82) is 0 Å². The summed E-state index contributed by atoms with van der Waals surface area (Å²) in [5, 5.41) is 24.8. The van der Waals surface area contributed by atoms with E-state index in [-0.39, 0.29) is 47.7 Å². The molecule has 12 rings (SSSR count). The Morgan fingerprint density at radius 1 is 0.923 bits per heavy atom. The van der Waals surface area contributed by atoms with E-state index in [2.05, 4.69) is 72.3 Å². The van der Waals surface area contributed by atoms with Crippen molar-refractivity contribution in [3.63, 3.8) is 0 Å². The smallest absolute Gasteiger partial charge is 0.282 e. The Kier molecular flexibility index (Phi) is 15.0. The van der Waals surface area contributed by atoms with E-state index in [0.29, 0.717) is 42.0 Å². The molecule has 412 valence electrons. The van der Waals surface area contributed by atoms with Crippen LogP contribution in [0.1, 0.15) is 156 Å². The van der Waals surface area contributed by atoms with Gasteiger partial charge in [0.05, 0.1) is 74.2 Å². The number of likely N-dealkylation sites (tertiary alicyclic amines) is 2. The summed E-state index contributed by atoms with van der Waals surface area (Å²) >= 11 is 8.28. The number of fused-ring (bicyclic) bond motifs is 7. The van der Waals surface area contributed by atoms with Crippen molar-refractivity contribution in [1.82, 2.24) is 49.5 Å². The number of benzene rings is 3. The first kappa shape index (κ1) is 53.3. The van der Waals surface area contributed by atoms with Crippen molar-refractivity contribution >= 4 is 45.7 Å². The molecule has 3 aromatic heterocycles. The van der Waals surface area contributed by atoms with Gasteiger partial charge in [-0.1, -0.05) is 99.3 Å². The monoisotopic (exact) mass is 1090 g/mol. The van der Waals surface area contributed by atoms with Gasteiger partial charge in [0.25, 0.3) is 5.56 Å². The highest BCUT2D eigenvalue weighted by molar-refractivity contribution is 7.13. The normalized spacial score (nSPS) is 23.8. The van der Waals surface area contributed by atoms with Gasteiger partial charge in [0, 0.05) is 51.3 Å². The minimum Gasteiger partial charge on any atom is -0.391 e. The largest absolute Gasteiger partial charge is 0.391 e. The van der Waals surface area contributed by atoms with E-state index in [9.17, 15) is 19.5 Å². The molecular formula is C61H75ClN10O5S. The van der Waals surface area contributed by atoms with Gasteiger partial charge in [-0.3, -0.25) is 23.9 Å². The summed E-state index contributed by atoms with van der Waals surface area (Å²) in [4.78, 5) is 59.9. The maximum absolute atomic E-state index is 14.9. The van der Waals surface area contributed by atoms with Crippen LogP contribution in [0.3, 0.4) is 0 Å². The molecule has 4 atom stereocenters. The second-order valence-corrected chi connectivity index (χ2v) is 25.8. The molecule has 6 aromatic rings. The first-order chi connectivity index (χ1) is 37.7. The molecule has 2 N–H and O–H groups in total. The topological polar surface area (TPSA) is 164 Å². The van der Waals surface area contributed by atoms with Gasteiger partial charge in [-0.25, -0.2) is 9.67 Å². The number of aryl methyl sites for hydroxylation is 1. The number of thiazole rings is 1. The summed E-state index contributed by atoms with van der Waals surface area (Å²) in [6.07, 6.45) is 13.3. The summed E-state index contributed by atoms with van der Waals surface area (Å²) in [7, 11) is 0. The standard InChI is InChI=1S/C61H75ClN10O5S/c1-38-54(78-37-63-38)43-17-15-41(16-18-43)48(35-69-27-29-77-30-28-69)64-56(74)52-32-45(73)34-70(52)58(76)55(60(2,3)4)71-36-49(66-67-71)42-13-11-39(12-14-42)33-68-25-21-40(22-26-68)44-19-20-46-51(31-44)72-50-10-8-9-47(62)53(50)57(75)65-59(72)61(46)23-6-5-7-24-61/h8-10,15-20,31,36-37,39-40,42,45,48,52,55,73H,5-7,11-14,21-30,32-35H2,1-4H3,(H,64,74)/t39?,42?,45-,48+,52+,55-/m1/s1.